The molecular weight excluding hydrogens is 318 g/mol. The Morgan fingerprint density at radius 3 is 2.54 bits per heavy atom. The largest absolute Gasteiger partial charge is 0.393 e. The fraction of sp³-hybridized carbons (Fsp3) is 0.833. The lowest BCUT2D eigenvalue weighted by Crippen LogP contribution is -2.53. The Hall–Kier alpha value is -0.600. The molecule has 146 valence electrons. The molecule has 2 heteroatoms. The molecule has 1 fully saturated rings. The van der Waals surface area contributed by atoms with E-state index in [0.717, 1.165) is 19.4 Å². The molecule has 0 bridgehead atoms. The zero-order chi connectivity index (χ0) is 18.9. The van der Waals surface area contributed by atoms with E-state index in [1.807, 2.05) is 0 Å². The van der Waals surface area contributed by atoms with E-state index in [-0.39, 0.29) is 16.9 Å². The number of nitrogens with two attached hydrogens (primary N) is 1. The minimum Gasteiger partial charge on any atom is -0.393 e. The maximum absolute atomic E-state index is 10.7. The quantitative estimate of drug-likeness (QED) is 0.711. The highest BCUT2D eigenvalue weighted by Crippen LogP contribution is 2.66. The first kappa shape index (κ1) is 18.7. The average Bonchev–Trinajstić information content (AvgIpc) is 2.95. The van der Waals surface area contributed by atoms with Gasteiger partial charge in [-0.05, 0) is 96.6 Å². The van der Waals surface area contributed by atoms with Crippen molar-refractivity contribution in [3.05, 3.63) is 22.8 Å². The molecule has 0 radical (unpaired) electrons. The molecule has 0 aromatic rings. The maximum Gasteiger partial charge on any atom is 0.0594 e. The van der Waals surface area contributed by atoms with Gasteiger partial charge in [0.25, 0.3) is 0 Å². The van der Waals surface area contributed by atoms with Crippen molar-refractivity contribution < 1.29 is 5.11 Å². The first-order valence-electron chi connectivity index (χ1n) is 11.0. The van der Waals surface area contributed by atoms with E-state index in [1.165, 1.54) is 32.1 Å². The predicted octanol–water partition coefficient (Wildman–Crippen LogP) is 5.22. The van der Waals surface area contributed by atoms with Gasteiger partial charge in [0.15, 0.2) is 0 Å². The van der Waals surface area contributed by atoms with Crippen LogP contribution < -0.4 is 5.73 Å². The second kappa shape index (κ2) is 5.95. The molecule has 0 spiro atoms. The number of allylic oxidation sites excluding steroid dienone is 4. The molecule has 0 heterocycles. The lowest BCUT2D eigenvalue weighted by atomic mass is 9.46. The van der Waals surface area contributed by atoms with Gasteiger partial charge in [-0.25, -0.2) is 0 Å². The Morgan fingerprint density at radius 1 is 1.12 bits per heavy atom. The summed E-state index contributed by atoms with van der Waals surface area (Å²) >= 11 is 0. The highest BCUT2D eigenvalue weighted by atomic mass is 16.3. The maximum atomic E-state index is 10.7. The molecule has 26 heavy (non-hydrogen) atoms. The van der Waals surface area contributed by atoms with E-state index in [2.05, 4.69) is 40.7 Å². The SMILES string of the molecule is C[C@H](CN)[C@H]1CC=C2C3=C(CC[C@@]21C)[C@@]1(C)CC[C@H](O)C(C)(C)[C@@H]1CC3. The van der Waals surface area contributed by atoms with Crippen molar-refractivity contribution in [1.82, 2.24) is 0 Å². The van der Waals surface area contributed by atoms with Crippen molar-refractivity contribution in [2.75, 3.05) is 6.54 Å². The summed E-state index contributed by atoms with van der Waals surface area (Å²) in [5, 5.41) is 10.7. The minimum atomic E-state index is -0.142. The van der Waals surface area contributed by atoms with Crippen molar-refractivity contribution in [2.45, 2.75) is 85.7 Å². The lowest BCUT2D eigenvalue weighted by Gasteiger charge is -2.59. The normalized spacial score (nSPS) is 45.5. The zero-order valence-corrected chi connectivity index (χ0v) is 17.6. The van der Waals surface area contributed by atoms with Crippen molar-refractivity contribution in [3.8, 4) is 0 Å². The van der Waals surface area contributed by atoms with E-state index < -0.39 is 0 Å². The Morgan fingerprint density at radius 2 is 1.85 bits per heavy atom. The van der Waals surface area contributed by atoms with Crippen LogP contribution in [0.2, 0.25) is 0 Å². The van der Waals surface area contributed by atoms with Crippen LogP contribution in [0.25, 0.3) is 0 Å². The Balaban J connectivity index is 1.74. The summed E-state index contributed by atoms with van der Waals surface area (Å²) in [6.07, 6.45) is 10.8. The molecule has 0 aromatic carbocycles. The second-order valence-corrected chi connectivity index (χ2v) is 10.9. The highest BCUT2D eigenvalue weighted by molar-refractivity contribution is 5.49. The Labute approximate surface area is 160 Å². The van der Waals surface area contributed by atoms with Crippen LogP contribution >= 0.6 is 0 Å². The molecular formula is C24H39NO. The van der Waals surface area contributed by atoms with Crippen molar-refractivity contribution >= 4 is 0 Å². The third kappa shape index (κ3) is 2.30. The van der Waals surface area contributed by atoms with Crippen LogP contribution in [0.15, 0.2) is 22.8 Å². The predicted molar refractivity (Wildman–Crippen MR) is 109 cm³/mol. The van der Waals surface area contributed by atoms with Gasteiger partial charge in [0, 0.05) is 0 Å². The van der Waals surface area contributed by atoms with Gasteiger partial charge in [-0.1, -0.05) is 46.3 Å². The molecule has 0 amide bonds. The average molecular weight is 358 g/mol. The van der Waals surface area contributed by atoms with Gasteiger partial charge in [0.1, 0.15) is 0 Å². The van der Waals surface area contributed by atoms with Gasteiger partial charge in [-0.3, -0.25) is 0 Å². The molecule has 1 saturated carbocycles. The van der Waals surface area contributed by atoms with Crippen LogP contribution in [0.1, 0.15) is 79.6 Å². The smallest absolute Gasteiger partial charge is 0.0594 e. The molecule has 4 aliphatic rings. The zero-order valence-electron chi connectivity index (χ0n) is 17.6. The van der Waals surface area contributed by atoms with Crippen LogP contribution in [-0.2, 0) is 0 Å². The first-order valence-corrected chi connectivity index (χ1v) is 11.0. The third-order valence-electron chi connectivity index (χ3n) is 9.49. The third-order valence-corrected chi connectivity index (χ3v) is 9.49. The highest BCUT2D eigenvalue weighted by Gasteiger charge is 2.57. The van der Waals surface area contributed by atoms with Gasteiger partial charge in [0.2, 0.25) is 0 Å². The van der Waals surface area contributed by atoms with E-state index in [1.54, 1.807) is 16.7 Å². The fourth-order valence-electron chi connectivity index (χ4n) is 7.74. The van der Waals surface area contributed by atoms with Crippen LogP contribution in [0.5, 0.6) is 0 Å². The summed E-state index contributed by atoms with van der Waals surface area (Å²) in [5.74, 6) is 1.93. The molecule has 6 atom stereocenters. The van der Waals surface area contributed by atoms with E-state index in [4.69, 9.17) is 5.73 Å². The van der Waals surface area contributed by atoms with Crippen LogP contribution in [0.4, 0.5) is 0 Å². The van der Waals surface area contributed by atoms with Gasteiger partial charge < -0.3 is 10.8 Å². The first-order chi connectivity index (χ1) is 12.2. The molecule has 4 rings (SSSR count). The summed E-state index contributed by atoms with van der Waals surface area (Å²) < 4.78 is 0. The van der Waals surface area contributed by atoms with E-state index in [9.17, 15) is 5.11 Å². The molecule has 0 aromatic heterocycles. The topological polar surface area (TPSA) is 46.2 Å². The number of fused-ring (bicyclic) bond motifs is 4. The van der Waals surface area contributed by atoms with Crippen LogP contribution in [0, 0.1) is 34.0 Å². The summed E-state index contributed by atoms with van der Waals surface area (Å²) in [5.41, 5.74) is 11.9. The summed E-state index contributed by atoms with van der Waals surface area (Å²) in [7, 11) is 0. The fourth-order valence-corrected chi connectivity index (χ4v) is 7.74. The summed E-state index contributed by atoms with van der Waals surface area (Å²) in [6, 6.07) is 0. The number of hydrogen-bond acceptors (Lipinski definition) is 2. The standard InChI is InChI=1S/C24H39NO/c1-15(14-25)17-7-8-18-16-6-9-20-22(2,3)21(26)11-13-24(20,5)19(16)10-12-23(17,18)4/h8,15,17,20-21,26H,6-7,9-14,25H2,1-5H3/t15-,17-,20+,21+,23-,24-/m1/s1. The molecule has 3 N–H and O–H groups in total. The van der Waals surface area contributed by atoms with Gasteiger partial charge in [-0.2, -0.15) is 0 Å². The number of hydrogen-bond donors (Lipinski definition) is 2. The number of aliphatic hydroxyl groups excluding tert-OH is 1. The number of rotatable bonds is 2. The summed E-state index contributed by atoms with van der Waals surface area (Å²) in [6.45, 7) is 12.8. The minimum absolute atomic E-state index is 0.0347. The van der Waals surface area contributed by atoms with Crippen molar-refractivity contribution in [1.29, 1.82) is 0 Å². The van der Waals surface area contributed by atoms with Crippen LogP contribution in [0.3, 0.4) is 0 Å². The van der Waals surface area contributed by atoms with Gasteiger partial charge in [0.05, 0.1) is 6.10 Å². The molecule has 0 aliphatic heterocycles. The number of aliphatic hydroxyl groups is 1. The van der Waals surface area contributed by atoms with E-state index >= 15 is 0 Å². The lowest BCUT2D eigenvalue weighted by molar-refractivity contribution is -0.0905. The Bertz CT molecular complexity index is 659. The van der Waals surface area contributed by atoms with E-state index in [0.29, 0.717) is 23.2 Å². The summed E-state index contributed by atoms with van der Waals surface area (Å²) in [4.78, 5) is 0. The van der Waals surface area contributed by atoms with Crippen molar-refractivity contribution in [3.63, 3.8) is 0 Å². The van der Waals surface area contributed by atoms with Crippen molar-refractivity contribution in [2.24, 2.45) is 39.7 Å². The monoisotopic (exact) mass is 357 g/mol. The Kier molecular flexibility index (Phi) is 4.29. The van der Waals surface area contributed by atoms with Gasteiger partial charge >= 0.3 is 0 Å². The van der Waals surface area contributed by atoms with Gasteiger partial charge in [-0.15, -0.1) is 0 Å². The molecule has 4 aliphatic carbocycles. The molecule has 0 saturated heterocycles. The van der Waals surface area contributed by atoms with Crippen LogP contribution in [-0.4, -0.2) is 17.8 Å². The second-order valence-electron chi connectivity index (χ2n) is 10.9. The molecule has 0 unspecified atom stereocenters. The molecule has 2 nitrogen and oxygen atoms in total.